The molecule has 0 aliphatic carbocycles. The summed E-state index contributed by atoms with van der Waals surface area (Å²) in [6.45, 7) is 2.78. The van der Waals surface area contributed by atoms with Crippen LogP contribution in [0.25, 0.3) is 10.9 Å². The fraction of sp³-hybridized carbons (Fsp3) is 0.444. The Bertz CT molecular complexity index is 663. The van der Waals surface area contributed by atoms with E-state index in [2.05, 4.69) is 16.4 Å². The van der Waals surface area contributed by atoms with Gasteiger partial charge in [-0.15, -0.1) is 0 Å². The molecule has 5 nitrogen and oxygen atoms in total. The zero-order valence-electron chi connectivity index (χ0n) is 13.9. The molecule has 23 heavy (non-hydrogen) atoms. The number of aromatic amines is 1. The van der Waals surface area contributed by atoms with Gasteiger partial charge in [-0.05, 0) is 30.9 Å². The molecule has 2 rings (SSSR count). The minimum atomic E-state index is -0.0978. The van der Waals surface area contributed by atoms with Crippen molar-refractivity contribution in [2.24, 2.45) is 0 Å². The van der Waals surface area contributed by atoms with Gasteiger partial charge in [0, 0.05) is 37.1 Å². The molecule has 0 saturated carbocycles. The maximum atomic E-state index is 12.1. The number of carbonyl (C=O) groups excluding carboxylic acids is 2. The minimum absolute atomic E-state index is 0.0106. The van der Waals surface area contributed by atoms with E-state index < -0.39 is 0 Å². The monoisotopic (exact) mass is 315 g/mol. The molecule has 0 saturated heterocycles. The van der Waals surface area contributed by atoms with Crippen LogP contribution in [-0.2, 0) is 16.0 Å². The van der Waals surface area contributed by atoms with Crippen LogP contribution in [-0.4, -0.2) is 41.8 Å². The van der Waals surface area contributed by atoms with Crippen LogP contribution in [0.2, 0.25) is 0 Å². The molecular weight excluding hydrogens is 290 g/mol. The Labute approximate surface area is 137 Å². The Morgan fingerprint density at radius 3 is 2.83 bits per heavy atom. The predicted octanol–water partition coefficient (Wildman–Crippen LogP) is 2.48. The molecule has 1 aromatic heterocycles. The van der Waals surface area contributed by atoms with Crippen LogP contribution >= 0.6 is 0 Å². The fourth-order valence-corrected chi connectivity index (χ4v) is 2.58. The van der Waals surface area contributed by atoms with Gasteiger partial charge >= 0.3 is 0 Å². The topological polar surface area (TPSA) is 65.2 Å². The third-order valence-corrected chi connectivity index (χ3v) is 3.89. The van der Waals surface area contributed by atoms with E-state index in [4.69, 9.17) is 0 Å². The number of carbonyl (C=O) groups is 2. The summed E-state index contributed by atoms with van der Waals surface area (Å²) in [5, 5.41) is 3.99. The molecule has 2 amide bonds. The van der Waals surface area contributed by atoms with Crippen LogP contribution in [0.5, 0.6) is 0 Å². The van der Waals surface area contributed by atoms with Crippen LogP contribution in [0.1, 0.15) is 31.7 Å². The number of nitrogens with zero attached hydrogens (tertiary/aromatic N) is 1. The molecule has 124 valence electrons. The Balaban J connectivity index is 1.77. The summed E-state index contributed by atoms with van der Waals surface area (Å²) in [5.74, 6) is -0.0872. The molecule has 0 unspecified atom stereocenters. The summed E-state index contributed by atoms with van der Waals surface area (Å²) in [5.41, 5.74) is 2.36. The lowest BCUT2D eigenvalue weighted by Gasteiger charge is -2.16. The summed E-state index contributed by atoms with van der Waals surface area (Å²) in [6.07, 6.45) is 5.00. The van der Waals surface area contributed by atoms with Crippen LogP contribution in [0.4, 0.5) is 0 Å². The highest BCUT2D eigenvalue weighted by molar-refractivity contribution is 5.85. The highest BCUT2D eigenvalue weighted by atomic mass is 16.2. The summed E-state index contributed by atoms with van der Waals surface area (Å²) in [7, 11) is 1.68. The molecule has 0 aliphatic rings. The molecule has 1 aromatic carbocycles. The molecule has 0 radical (unpaired) electrons. The number of nitrogens with one attached hydrogen (secondary N) is 2. The molecule has 0 bridgehead atoms. The standard InChI is InChI=1S/C18H25N3O2/c1-3-11-19-17(22)13-21(2)18(23)10-6-7-14-12-20-16-9-5-4-8-15(14)16/h4-5,8-9,12,20H,3,6-7,10-11,13H2,1-2H3,(H,19,22). The Hall–Kier alpha value is -2.30. The first kappa shape index (κ1) is 17.1. The Morgan fingerprint density at radius 2 is 2.04 bits per heavy atom. The number of amides is 2. The maximum absolute atomic E-state index is 12.1. The second kappa shape index (κ2) is 8.36. The molecule has 5 heteroatoms. The summed E-state index contributed by atoms with van der Waals surface area (Å²) < 4.78 is 0. The second-order valence-corrected chi connectivity index (χ2v) is 5.81. The quantitative estimate of drug-likeness (QED) is 0.786. The number of benzene rings is 1. The number of fused-ring (bicyclic) bond motifs is 1. The van der Waals surface area contributed by atoms with Gasteiger partial charge in [0.1, 0.15) is 0 Å². The van der Waals surface area contributed by atoms with Gasteiger partial charge in [0.05, 0.1) is 6.54 Å². The van der Waals surface area contributed by atoms with Crippen molar-refractivity contribution in [2.75, 3.05) is 20.1 Å². The summed E-state index contributed by atoms with van der Waals surface area (Å²) in [4.78, 5) is 28.4. The van der Waals surface area contributed by atoms with E-state index in [1.165, 1.54) is 15.8 Å². The molecule has 0 spiro atoms. The van der Waals surface area contributed by atoms with E-state index in [-0.39, 0.29) is 18.4 Å². The summed E-state index contributed by atoms with van der Waals surface area (Å²) in [6, 6.07) is 8.16. The Morgan fingerprint density at radius 1 is 1.26 bits per heavy atom. The Kier molecular flexibility index (Phi) is 6.20. The van der Waals surface area contributed by atoms with E-state index in [1.807, 2.05) is 31.3 Å². The molecule has 2 aromatic rings. The van der Waals surface area contributed by atoms with Gasteiger partial charge in [0.15, 0.2) is 0 Å². The van der Waals surface area contributed by atoms with Crippen molar-refractivity contribution in [3.63, 3.8) is 0 Å². The highest BCUT2D eigenvalue weighted by Crippen LogP contribution is 2.19. The first-order valence-electron chi connectivity index (χ1n) is 8.17. The van der Waals surface area contributed by atoms with Gasteiger partial charge in [-0.3, -0.25) is 9.59 Å². The van der Waals surface area contributed by atoms with Crippen molar-refractivity contribution in [1.29, 1.82) is 0 Å². The van der Waals surface area contributed by atoms with Crippen molar-refractivity contribution < 1.29 is 9.59 Å². The number of likely N-dealkylation sites (N-methyl/N-ethyl adjacent to an activating group) is 1. The van der Waals surface area contributed by atoms with Gasteiger partial charge in [0.2, 0.25) is 11.8 Å². The third kappa shape index (κ3) is 4.84. The van der Waals surface area contributed by atoms with Gasteiger partial charge in [-0.1, -0.05) is 25.1 Å². The van der Waals surface area contributed by atoms with Crippen molar-refractivity contribution in [1.82, 2.24) is 15.2 Å². The molecule has 2 N–H and O–H groups in total. The number of aromatic nitrogens is 1. The number of hydrogen-bond acceptors (Lipinski definition) is 2. The predicted molar refractivity (Wildman–Crippen MR) is 92.2 cm³/mol. The third-order valence-electron chi connectivity index (χ3n) is 3.89. The number of aryl methyl sites for hydroxylation is 1. The van der Waals surface area contributed by atoms with Crippen LogP contribution in [0, 0.1) is 0 Å². The second-order valence-electron chi connectivity index (χ2n) is 5.81. The number of H-pyrrole nitrogens is 1. The van der Waals surface area contributed by atoms with Crippen molar-refractivity contribution in [3.8, 4) is 0 Å². The zero-order chi connectivity index (χ0) is 16.7. The fourth-order valence-electron chi connectivity index (χ4n) is 2.58. The van der Waals surface area contributed by atoms with E-state index in [9.17, 15) is 9.59 Å². The normalized spacial score (nSPS) is 10.7. The van der Waals surface area contributed by atoms with Crippen LogP contribution in [0.3, 0.4) is 0 Å². The summed E-state index contributed by atoms with van der Waals surface area (Å²) >= 11 is 0. The van der Waals surface area contributed by atoms with E-state index in [0.717, 1.165) is 24.8 Å². The molecule has 0 fully saturated rings. The van der Waals surface area contributed by atoms with Gasteiger partial charge in [0.25, 0.3) is 0 Å². The van der Waals surface area contributed by atoms with Gasteiger partial charge in [-0.2, -0.15) is 0 Å². The lowest BCUT2D eigenvalue weighted by Crippen LogP contribution is -2.38. The molecule has 1 heterocycles. The van der Waals surface area contributed by atoms with Crippen molar-refractivity contribution in [3.05, 3.63) is 36.0 Å². The van der Waals surface area contributed by atoms with E-state index in [0.29, 0.717) is 13.0 Å². The van der Waals surface area contributed by atoms with Crippen LogP contribution < -0.4 is 5.32 Å². The molecule has 0 atom stereocenters. The first-order valence-corrected chi connectivity index (χ1v) is 8.17. The van der Waals surface area contributed by atoms with E-state index >= 15 is 0 Å². The van der Waals surface area contributed by atoms with Crippen molar-refractivity contribution in [2.45, 2.75) is 32.6 Å². The van der Waals surface area contributed by atoms with E-state index in [1.54, 1.807) is 7.05 Å². The van der Waals surface area contributed by atoms with Gasteiger partial charge in [-0.25, -0.2) is 0 Å². The SMILES string of the molecule is CCCNC(=O)CN(C)C(=O)CCCc1c[nH]c2ccccc12. The lowest BCUT2D eigenvalue weighted by molar-refractivity contribution is -0.134. The molecule has 0 aliphatic heterocycles. The maximum Gasteiger partial charge on any atom is 0.239 e. The van der Waals surface area contributed by atoms with Gasteiger partial charge < -0.3 is 15.2 Å². The average molecular weight is 315 g/mol. The minimum Gasteiger partial charge on any atom is -0.361 e. The number of rotatable bonds is 8. The largest absolute Gasteiger partial charge is 0.361 e. The lowest BCUT2D eigenvalue weighted by atomic mass is 10.1. The average Bonchev–Trinajstić information content (AvgIpc) is 2.96. The number of para-hydroxylation sites is 1. The highest BCUT2D eigenvalue weighted by Gasteiger charge is 2.12. The zero-order valence-corrected chi connectivity index (χ0v) is 13.9. The molecular formula is C18H25N3O2. The van der Waals surface area contributed by atoms with Crippen LogP contribution in [0.15, 0.2) is 30.5 Å². The smallest absolute Gasteiger partial charge is 0.239 e. The first-order chi connectivity index (χ1) is 11.1. The number of hydrogen-bond donors (Lipinski definition) is 2. The van der Waals surface area contributed by atoms with Crippen molar-refractivity contribution >= 4 is 22.7 Å².